The largest absolute Gasteiger partial charge is 0.233 e. The maximum atomic E-state index is 12.1. The number of alkyl halides is 1. The average molecular weight is 202 g/mol. The molecule has 0 aliphatic carbocycles. The van der Waals surface area contributed by atoms with Gasteiger partial charge in [0.25, 0.3) is 0 Å². The summed E-state index contributed by atoms with van der Waals surface area (Å²) in [6.45, 7) is 1.97. The standard InChI is InChI=1S/C9H11FO2S/c1-2-8-3-5-9(6-4-8)13(11,12)7-10/h3-6H,2,7H2,1H3. The normalized spacial score (nSPS) is 11.5. The highest BCUT2D eigenvalue weighted by Gasteiger charge is 2.12. The number of hydrogen-bond acceptors (Lipinski definition) is 2. The van der Waals surface area contributed by atoms with E-state index in [-0.39, 0.29) is 4.90 Å². The van der Waals surface area contributed by atoms with E-state index in [9.17, 15) is 12.8 Å². The maximum absolute atomic E-state index is 12.1. The zero-order chi connectivity index (χ0) is 9.90. The molecule has 0 bridgehead atoms. The molecule has 0 saturated carbocycles. The van der Waals surface area contributed by atoms with Crippen molar-refractivity contribution in [3.05, 3.63) is 29.8 Å². The van der Waals surface area contributed by atoms with E-state index in [4.69, 9.17) is 0 Å². The van der Waals surface area contributed by atoms with Crippen LogP contribution in [0.1, 0.15) is 12.5 Å². The minimum Gasteiger partial charge on any atom is -0.233 e. The second-order valence-electron chi connectivity index (χ2n) is 2.72. The first-order chi connectivity index (χ1) is 6.10. The number of rotatable bonds is 3. The van der Waals surface area contributed by atoms with Gasteiger partial charge >= 0.3 is 0 Å². The Labute approximate surface area is 77.3 Å². The van der Waals surface area contributed by atoms with E-state index in [2.05, 4.69) is 0 Å². The lowest BCUT2D eigenvalue weighted by molar-refractivity contribution is 0.534. The highest BCUT2D eigenvalue weighted by Crippen LogP contribution is 2.12. The first-order valence-electron chi connectivity index (χ1n) is 3.98. The molecule has 0 saturated heterocycles. The second kappa shape index (κ2) is 3.87. The first-order valence-corrected chi connectivity index (χ1v) is 5.63. The summed E-state index contributed by atoms with van der Waals surface area (Å²) in [5.41, 5.74) is 1.04. The number of sulfone groups is 1. The summed E-state index contributed by atoms with van der Waals surface area (Å²) >= 11 is 0. The molecule has 0 N–H and O–H groups in total. The Hall–Kier alpha value is -0.900. The topological polar surface area (TPSA) is 34.1 Å². The van der Waals surface area contributed by atoms with Gasteiger partial charge in [0, 0.05) is 0 Å². The van der Waals surface area contributed by atoms with Crippen LogP contribution in [0.5, 0.6) is 0 Å². The van der Waals surface area contributed by atoms with E-state index in [0.717, 1.165) is 12.0 Å². The van der Waals surface area contributed by atoms with Crippen molar-refractivity contribution in [2.75, 3.05) is 6.01 Å². The predicted octanol–water partition coefficient (Wildman–Crippen LogP) is 1.95. The van der Waals surface area contributed by atoms with Gasteiger partial charge in [-0.2, -0.15) is 0 Å². The second-order valence-corrected chi connectivity index (χ2v) is 4.64. The molecule has 4 heteroatoms. The molecule has 0 aromatic heterocycles. The molecule has 1 rings (SSSR count). The van der Waals surface area contributed by atoms with Crippen LogP contribution in [-0.2, 0) is 16.3 Å². The Bertz CT molecular complexity index is 367. The zero-order valence-corrected chi connectivity index (χ0v) is 8.14. The van der Waals surface area contributed by atoms with E-state index in [1.165, 1.54) is 12.1 Å². The van der Waals surface area contributed by atoms with Crippen LogP contribution in [0.4, 0.5) is 4.39 Å². The summed E-state index contributed by atoms with van der Waals surface area (Å²) in [6, 6.07) is 4.94. The summed E-state index contributed by atoms with van der Waals surface area (Å²) in [5.74, 6) is 0. The van der Waals surface area contributed by atoms with Crippen LogP contribution >= 0.6 is 0 Å². The maximum Gasteiger partial charge on any atom is 0.207 e. The molecule has 0 aliphatic rings. The Morgan fingerprint density at radius 1 is 1.23 bits per heavy atom. The van der Waals surface area contributed by atoms with E-state index >= 15 is 0 Å². The monoisotopic (exact) mass is 202 g/mol. The molecule has 0 unspecified atom stereocenters. The van der Waals surface area contributed by atoms with Crippen molar-refractivity contribution < 1.29 is 12.8 Å². The van der Waals surface area contributed by atoms with E-state index < -0.39 is 15.8 Å². The Kier molecular flexibility index (Phi) is 3.03. The van der Waals surface area contributed by atoms with Gasteiger partial charge in [0.2, 0.25) is 9.84 Å². The minimum atomic E-state index is -3.69. The fourth-order valence-electron chi connectivity index (χ4n) is 0.995. The summed E-state index contributed by atoms with van der Waals surface area (Å²) in [6.07, 6.45) is 0.843. The van der Waals surface area contributed by atoms with Crippen LogP contribution in [-0.4, -0.2) is 14.4 Å². The van der Waals surface area contributed by atoms with Gasteiger partial charge in [0.05, 0.1) is 4.90 Å². The smallest absolute Gasteiger partial charge is 0.207 e. The fraction of sp³-hybridized carbons (Fsp3) is 0.333. The number of aryl methyl sites for hydroxylation is 1. The molecule has 1 aromatic rings. The lowest BCUT2D eigenvalue weighted by Gasteiger charge is -2.00. The lowest BCUT2D eigenvalue weighted by Crippen LogP contribution is -2.02. The van der Waals surface area contributed by atoms with Crippen molar-refractivity contribution in [1.29, 1.82) is 0 Å². The van der Waals surface area contributed by atoms with Crippen molar-refractivity contribution in [2.24, 2.45) is 0 Å². The molecule has 0 spiro atoms. The van der Waals surface area contributed by atoms with Crippen molar-refractivity contribution in [3.63, 3.8) is 0 Å². The molecule has 0 radical (unpaired) electrons. The van der Waals surface area contributed by atoms with Crippen LogP contribution in [0.3, 0.4) is 0 Å². The Balaban J connectivity index is 3.06. The third-order valence-corrected chi connectivity index (χ3v) is 3.11. The minimum absolute atomic E-state index is 0.0483. The van der Waals surface area contributed by atoms with Gasteiger partial charge in [-0.05, 0) is 24.1 Å². The van der Waals surface area contributed by atoms with Crippen LogP contribution < -0.4 is 0 Å². The van der Waals surface area contributed by atoms with E-state index in [1.54, 1.807) is 12.1 Å². The van der Waals surface area contributed by atoms with Crippen LogP contribution in [0.15, 0.2) is 29.2 Å². The summed E-state index contributed by atoms with van der Waals surface area (Å²) in [5, 5.41) is 0. The van der Waals surface area contributed by atoms with Gasteiger partial charge in [-0.1, -0.05) is 19.1 Å². The van der Waals surface area contributed by atoms with E-state index in [0.29, 0.717) is 0 Å². The zero-order valence-electron chi connectivity index (χ0n) is 7.33. The molecule has 2 nitrogen and oxygen atoms in total. The fourth-order valence-corrected chi connectivity index (χ4v) is 1.67. The van der Waals surface area contributed by atoms with Crippen molar-refractivity contribution in [2.45, 2.75) is 18.2 Å². The van der Waals surface area contributed by atoms with Crippen molar-refractivity contribution >= 4 is 9.84 Å². The molecular weight excluding hydrogens is 191 g/mol. The number of benzene rings is 1. The average Bonchev–Trinajstić information content (AvgIpc) is 2.18. The van der Waals surface area contributed by atoms with Crippen molar-refractivity contribution in [1.82, 2.24) is 0 Å². The van der Waals surface area contributed by atoms with Gasteiger partial charge in [-0.25, -0.2) is 12.8 Å². The molecule has 0 atom stereocenters. The molecular formula is C9H11FO2S. The van der Waals surface area contributed by atoms with Gasteiger partial charge in [0.15, 0.2) is 6.01 Å². The first kappa shape index (κ1) is 10.2. The number of hydrogen-bond donors (Lipinski definition) is 0. The predicted molar refractivity (Wildman–Crippen MR) is 49.0 cm³/mol. The molecule has 0 aliphatic heterocycles. The molecule has 0 fully saturated rings. The highest BCUT2D eigenvalue weighted by atomic mass is 32.2. The van der Waals surface area contributed by atoms with Crippen LogP contribution in [0.25, 0.3) is 0 Å². The summed E-state index contributed by atoms with van der Waals surface area (Å²) in [7, 11) is -3.69. The number of halogens is 1. The molecule has 1 aromatic carbocycles. The quantitative estimate of drug-likeness (QED) is 0.750. The molecule has 0 heterocycles. The third-order valence-electron chi connectivity index (χ3n) is 1.83. The Morgan fingerprint density at radius 3 is 2.15 bits per heavy atom. The van der Waals surface area contributed by atoms with E-state index in [1.807, 2.05) is 6.92 Å². The van der Waals surface area contributed by atoms with Crippen LogP contribution in [0, 0.1) is 0 Å². The van der Waals surface area contributed by atoms with Gasteiger partial charge in [-0.15, -0.1) is 0 Å². The molecule has 72 valence electrons. The van der Waals surface area contributed by atoms with Crippen LogP contribution in [0.2, 0.25) is 0 Å². The summed E-state index contributed by atoms with van der Waals surface area (Å²) < 4.78 is 34.1. The lowest BCUT2D eigenvalue weighted by atomic mass is 10.2. The third kappa shape index (κ3) is 2.28. The molecule has 0 amide bonds. The van der Waals surface area contributed by atoms with Gasteiger partial charge in [0.1, 0.15) is 0 Å². The SMILES string of the molecule is CCc1ccc(S(=O)(=O)CF)cc1. The summed E-state index contributed by atoms with van der Waals surface area (Å²) in [4.78, 5) is 0.0483. The van der Waals surface area contributed by atoms with Gasteiger partial charge < -0.3 is 0 Å². The highest BCUT2D eigenvalue weighted by molar-refractivity contribution is 7.91. The van der Waals surface area contributed by atoms with Gasteiger partial charge in [-0.3, -0.25) is 0 Å². The molecule has 13 heavy (non-hydrogen) atoms. The Morgan fingerprint density at radius 2 is 1.77 bits per heavy atom. The van der Waals surface area contributed by atoms with Crippen molar-refractivity contribution in [3.8, 4) is 0 Å².